The number of nitrogens with one attached hydrogen (secondary N) is 2. The molecule has 2 aliphatic rings. The molecule has 2 nitrogen and oxygen atoms in total. The molecule has 1 aliphatic heterocycles. The van der Waals surface area contributed by atoms with Crippen LogP contribution in [0.15, 0.2) is 12.2 Å². The summed E-state index contributed by atoms with van der Waals surface area (Å²) < 4.78 is 0. The summed E-state index contributed by atoms with van der Waals surface area (Å²) in [5, 5.41) is 7.86. The van der Waals surface area contributed by atoms with E-state index in [9.17, 15) is 0 Å². The minimum atomic E-state index is 0.135. The van der Waals surface area contributed by atoms with Gasteiger partial charge in [0.1, 0.15) is 0 Å². The zero-order chi connectivity index (χ0) is 15.3. The molecule has 0 radical (unpaired) electrons. The predicted molar refractivity (Wildman–Crippen MR) is 92.4 cm³/mol. The van der Waals surface area contributed by atoms with Crippen molar-refractivity contribution < 1.29 is 0 Å². The Balaban J connectivity index is 2.20. The second kappa shape index (κ2) is 7.28. The summed E-state index contributed by atoms with van der Waals surface area (Å²) in [6.45, 7) is 13.4. The first kappa shape index (κ1) is 17.0. The van der Waals surface area contributed by atoms with E-state index in [-0.39, 0.29) is 5.66 Å². The van der Waals surface area contributed by atoms with Crippen LogP contribution in [0.3, 0.4) is 0 Å². The maximum atomic E-state index is 4.21. The molecule has 1 aliphatic carbocycles. The van der Waals surface area contributed by atoms with Gasteiger partial charge in [0.25, 0.3) is 0 Å². The maximum absolute atomic E-state index is 4.21. The molecule has 0 bridgehead atoms. The van der Waals surface area contributed by atoms with Gasteiger partial charge in [-0.3, -0.25) is 10.6 Å². The molecular weight excluding hydrogens is 256 g/mol. The van der Waals surface area contributed by atoms with Gasteiger partial charge in [0.05, 0.1) is 5.66 Å². The van der Waals surface area contributed by atoms with Crippen molar-refractivity contribution in [2.75, 3.05) is 13.1 Å². The van der Waals surface area contributed by atoms with Gasteiger partial charge in [-0.1, -0.05) is 51.7 Å². The average molecular weight is 293 g/mol. The topological polar surface area (TPSA) is 24.1 Å². The van der Waals surface area contributed by atoms with Crippen LogP contribution in [0.1, 0.15) is 78.6 Å². The molecule has 1 saturated carbocycles. The van der Waals surface area contributed by atoms with Crippen LogP contribution in [-0.2, 0) is 0 Å². The van der Waals surface area contributed by atoms with Crippen LogP contribution in [0.2, 0.25) is 0 Å². The summed E-state index contributed by atoms with van der Waals surface area (Å²) in [4.78, 5) is 0. The monoisotopic (exact) mass is 292 g/mol. The van der Waals surface area contributed by atoms with Crippen molar-refractivity contribution in [2.45, 2.75) is 84.2 Å². The Bertz CT molecular complexity index is 341. The highest BCUT2D eigenvalue weighted by Crippen LogP contribution is 2.46. The lowest BCUT2D eigenvalue weighted by Gasteiger charge is -2.50. The fourth-order valence-electron chi connectivity index (χ4n) is 4.69. The Morgan fingerprint density at radius 2 is 1.81 bits per heavy atom. The quantitative estimate of drug-likeness (QED) is 0.583. The molecule has 0 amide bonds. The van der Waals surface area contributed by atoms with Crippen LogP contribution < -0.4 is 10.6 Å². The van der Waals surface area contributed by atoms with Gasteiger partial charge in [0.15, 0.2) is 0 Å². The fraction of sp³-hybridized carbons (Fsp3) is 0.895. The number of hydrogen-bond acceptors (Lipinski definition) is 2. The molecule has 21 heavy (non-hydrogen) atoms. The van der Waals surface area contributed by atoms with Crippen molar-refractivity contribution in [3.63, 3.8) is 0 Å². The van der Waals surface area contributed by atoms with E-state index in [1.165, 1.54) is 63.4 Å². The van der Waals surface area contributed by atoms with Crippen molar-refractivity contribution >= 4 is 0 Å². The lowest BCUT2D eigenvalue weighted by atomic mass is 9.68. The smallest absolute Gasteiger partial charge is 0.0742 e. The minimum Gasteiger partial charge on any atom is -0.299 e. The summed E-state index contributed by atoms with van der Waals surface area (Å²) in [6, 6.07) is 0. The highest BCUT2D eigenvalue weighted by Gasteiger charge is 2.47. The second-order valence-electron chi connectivity index (χ2n) is 7.71. The molecule has 0 aromatic carbocycles. The minimum absolute atomic E-state index is 0.135. The normalized spacial score (nSPS) is 34.0. The van der Waals surface area contributed by atoms with Crippen molar-refractivity contribution in [2.24, 2.45) is 11.3 Å². The summed E-state index contributed by atoms with van der Waals surface area (Å²) in [7, 11) is 0. The Labute approximate surface area is 132 Å². The predicted octanol–water partition coefficient (Wildman–Crippen LogP) is 4.62. The number of hydrogen-bond donors (Lipinski definition) is 2. The standard InChI is InChI=1S/C19H36N2/c1-5-20-19(18(4)12-8-6-7-9-13-18)14-10-17(16(2)3)11-15-21-19/h17,20-21H,2,5-15H2,1,3-4H3. The molecule has 0 spiro atoms. The van der Waals surface area contributed by atoms with E-state index in [0.29, 0.717) is 11.3 Å². The summed E-state index contributed by atoms with van der Waals surface area (Å²) in [5.74, 6) is 0.701. The van der Waals surface area contributed by atoms with Crippen LogP contribution >= 0.6 is 0 Å². The third kappa shape index (κ3) is 3.71. The lowest BCUT2D eigenvalue weighted by molar-refractivity contribution is 0.0435. The van der Waals surface area contributed by atoms with Gasteiger partial charge in [0.2, 0.25) is 0 Å². The molecule has 2 N–H and O–H groups in total. The fourth-order valence-corrected chi connectivity index (χ4v) is 4.69. The van der Waals surface area contributed by atoms with Gasteiger partial charge in [-0.25, -0.2) is 0 Å². The van der Waals surface area contributed by atoms with E-state index < -0.39 is 0 Å². The zero-order valence-corrected chi connectivity index (χ0v) is 14.6. The Morgan fingerprint density at radius 3 is 2.38 bits per heavy atom. The molecule has 122 valence electrons. The first-order valence-corrected chi connectivity index (χ1v) is 9.18. The highest BCUT2D eigenvalue weighted by molar-refractivity contribution is 5.06. The Hall–Kier alpha value is -0.340. The largest absolute Gasteiger partial charge is 0.299 e. The van der Waals surface area contributed by atoms with E-state index in [4.69, 9.17) is 0 Å². The lowest BCUT2D eigenvalue weighted by Crippen LogP contribution is -2.66. The molecule has 2 atom stereocenters. The van der Waals surface area contributed by atoms with Crippen LogP contribution in [-0.4, -0.2) is 18.8 Å². The SMILES string of the molecule is C=C(C)C1CCNC(NCC)(C2(C)CCCCCC2)CC1. The van der Waals surface area contributed by atoms with Gasteiger partial charge in [-0.05, 0) is 63.5 Å². The van der Waals surface area contributed by atoms with Gasteiger partial charge in [0, 0.05) is 0 Å². The van der Waals surface area contributed by atoms with Crippen LogP contribution in [0, 0.1) is 11.3 Å². The number of allylic oxidation sites excluding steroid dienone is 1. The van der Waals surface area contributed by atoms with Crippen LogP contribution in [0.25, 0.3) is 0 Å². The molecule has 1 saturated heterocycles. The van der Waals surface area contributed by atoms with Crippen LogP contribution in [0.4, 0.5) is 0 Å². The first-order chi connectivity index (χ1) is 10.0. The molecule has 1 heterocycles. The van der Waals surface area contributed by atoms with E-state index in [1.54, 1.807) is 0 Å². The van der Waals surface area contributed by atoms with E-state index in [2.05, 4.69) is 38.0 Å². The molecule has 2 unspecified atom stereocenters. The van der Waals surface area contributed by atoms with Crippen molar-refractivity contribution in [3.8, 4) is 0 Å². The Morgan fingerprint density at radius 1 is 1.14 bits per heavy atom. The second-order valence-corrected chi connectivity index (χ2v) is 7.71. The van der Waals surface area contributed by atoms with Crippen molar-refractivity contribution in [1.82, 2.24) is 10.6 Å². The van der Waals surface area contributed by atoms with Crippen molar-refractivity contribution in [3.05, 3.63) is 12.2 Å². The van der Waals surface area contributed by atoms with Gasteiger partial charge < -0.3 is 0 Å². The zero-order valence-electron chi connectivity index (χ0n) is 14.6. The average Bonchev–Trinajstić information content (AvgIpc) is 2.79. The first-order valence-electron chi connectivity index (χ1n) is 9.18. The molecule has 0 aromatic heterocycles. The molecule has 0 aromatic rings. The van der Waals surface area contributed by atoms with Gasteiger partial charge >= 0.3 is 0 Å². The van der Waals surface area contributed by atoms with E-state index >= 15 is 0 Å². The summed E-state index contributed by atoms with van der Waals surface area (Å²) >= 11 is 0. The summed E-state index contributed by atoms with van der Waals surface area (Å²) in [6.07, 6.45) is 12.1. The summed E-state index contributed by atoms with van der Waals surface area (Å²) in [5.41, 5.74) is 1.90. The number of rotatable bonds is 4. The maximum Gasteiger partial charge on any atom is 0.0742 e. The molecule has 2 rings (SSSR count). The van der Waals surface area contributed by atoms with E-state index in [1.807, 2.05) is 0 Å². The van der Waals surface area contributed by atoms with Crippen LogP contribution in [0.5, 0.6) is 0 Å². The third-order valence-electron chi connectivity index (χ3n) is 6.20. The molecular formula is C19H36N2. The third-order valence-corrected chi connectivity index (χ3v) is 6.20. The highest BCUT2D eigenvalue weighted by atomic mass is 15.2. The van der Waals surface area contributed by atoms with Crippen molar-refractivity contribution in [1.29, 1.82) is 0 Å². The molecule has 2 fully saturated rings. The van der Waals surface area contributed by atoms with Gasteiger partial charge in [-0.2, -0.15) is 0 Å². The van der Waals surface area contributed by atoms with E-state index in [0.717, 1.165) is 13.1 Å². The van der Waals surface area contributed by atoms with Gasteiger partial charge in [-0.15, -0.1) is 0 Å². The molecule has 2 heteroatoms. The Kier molecular flexibility index (Phi) is 5.90.